The van der Waals surface area contributed by atoms with Crippen molar-refractivity contribution in [2.75, 3.05) is 0 Å². The van der Waals surface area contributed by atoms with Crippen LogP contribution in [0.4, 0.5) is 0 Å². The van der Waals surface area contributed by atoms with Crippen molar-refractivity contribution in [1.29, 1.82) is 0 Å². The minimum Gasteiger partial charge on any atom is -0.440 e. The number of rotatable bonds is 2. The average Bonchev–Trinajstić information content (AvgIpc) is 2.59. The van der Waals surface area contributed by atoms with Gasteiger partial charge in [0.1, 0.15) is 6.26 Å². The van der Waals surface area contributed by atoms with Crippen molar-refractivity contribution in [2.24, 2.45) is 0 Å². The molecule has 0 unspecified atom stereocenters. The fraction of sp³-hybridized carbons (Fsp3) is 0. The molecule has 2 aromatic rings. The summed E-state index contributed by atoms with van der Waals surface area (Å²) in [5.74, 6) is 0. The fourth-order valence-electron chi connectivity index (χ4n) is 0.850. The molecule has 0 aliphatic heterocycles. The van der Waals surface area contributed by atoms with E-state index in [1.165, 1.54) is 11.8 Å². The van der Waals surface area contributed by atoms with E-state index in [1.807, 2.05) is 30.3 Å². The van der Waals surface area contributed by atoms with Gasteiger partial charge in [-0.25, -0.2) is 4.98 Å². The molecule has 2 nitrogen and oxygen atoms in total. The van der Waals surface area contributed by atoms with Gasteiger partial charge >= 0.3 is 0 Å². The van der Waals surface area contributed by atoms with E-state index in [9.17, 15) is 0 Å². The highest BCUT2D eigenvalue weighted by Gasteiger charge is 1.98. The molecule has 12 heavy (non-hydrogen) atoms. The molecule has 1 heterocycles. The number of oxazole rings is 1. The SMILES string of the molecule is c1ccc(Sc2ncco2)cc1. The molecular weight excluding hydrogens is 170 g/mol. The molecule has 0 aliphatic rings. The summed E-state index contributed by atoms with van der Waals surface area (Å²) in [4.78, 5) is 5.15. The van der Waals surface area contributed by atoms with Crippen LogP contribution < -0.4 is 0 Å². The predicted octanol–water partition coefficient (Wildman–Crippen LogP) is 2.83. The van der Waals surface area contributed by atoms with Crippen LogP contribution in [0.5, 0.6) is 0 Å². The average molecular weight is 177 g/mol. The first-order chi connectivity index (χ1) is 5.95. The molecule has 2 rings (SSSR count). The van der Waals surface area contributed by atoms with Crippen LogP contribution in [0.1, 0.15) is 0 Å². The predicted molar refractivity (Wildman–Crippen MR) is 47.1 cm³/mol. The van der Waals surface area contributed by atoms with Gasteiger partial charge in [-0.05, 0) is 23.9 Å². The zero-order chi connectivity index (χ0) is 8.23. The smallest absolute Gasteiger partial charge is 0.260 e. The normalized spacial score (nSPS) is 10.0. The third kappa shape index (κ3) is 1.68. The molecule has 1 aromatic carbocycles. The van der Waals surface area contributed by atoms with Gasteiger partial charge in [0.25, 0.3) is 5.22 Å². The summed E-state index contributed by atoms with van der Waals surface area (Å²) in [5, 5.41) is 0.682. The summed E-state index contributed by atoms with van der Waals surface area (Å²) >= 11 is 1.52. The van der Waals surface area contributed by atoms with Gasteiger partial charge in [-0.1, -0.05) is 18.2 Å². The van der Waals surface area contributed by atoms with Crippen molar-refractivity contribution >= 4 is 11.8 Å². The van der Waals surface area contributed by atoms with Crippen LogP contribution in [0.3, 0.4) is 0 Å². The molecule has 0 amide bonds. The van der Waals surface area contributed by atoms with Gasteiger partial charge in [0.05, 0.1) is 6.20 Å². The molecule has 0 N–H and O–H groups in total. The molecular formula is C9H7NOS. The molecule has 0 radical (unpaired) electrons. The van der Waals surface area contributed by atoms with Gasteiger partial charge in [0.15, 0.2) is 0 Å². The summed E-state index contributed by atoms with van der Waals surface area (Å²) in [6.07, 6.45) is 3.22. The monoisotopic (exact) mass is 177 g/mol. The first kappa shape index (κ1) is 7.43. The quantitative estimate of drug-likeness (QED) is 0.705. The first-order valence-corrected chi connectivity index (χ1v) is 4.39. The van der Waals surface area contributed by atoms with E-state index in [2.05, 4.69) is 4.98 Å². The van der Waals surface area contributed by atoms with Gasteiger partial charge in [0, 0.05) is 4.90 Å². The van der Waals surface area contributed by atoms with Crippen molar-refractivity contribution in [3.05, 3.63) is 42.8 Å². The number of benzene rings is 1. The maximum atomic E-state index is 5.09. The van der Waals surface area contributed by atoms with E-state index in [1.54, 1.807) is 12.5 Å². The van der Waals surface area contributed by atoms with Crippen LogP contribution in [0.15, 0.2) is 57.3 Å². The summed E-state index contributed by atoms with van der Waals surface area (Å²) in [6, 6.07) is 10.0. The topological polar surface area (TPSA) is 26.0 Å². The largest absolute Gasteiger partial charge is 0.440 e. The molecule has 0 aliphatic carbocycles. The molecule has 0 spiro atoms. The van der Waals surface area contributed by atoms with E-state index in [0.717, 1.165) is 4.90 Å². The Morgan fingerprint density at radius 1 is 1.17 bits per heavy atom. The Bertz CT molecular complexity index is 331. The van der Waals surface area contributed by atoms with Crippen molar-refractivity contribution in [3.8, 4) is 0 Å². The minimum atomic E-state index is 0.682. The molecule has 0 fully saturated rings. The number of nitrogens with zero attached hydrogens (tertiary/aromatic N) is 1. The Labute approximate surface area is 74.6 Å². The molecule has 0 atom stereocenters. The number of hydrogen-bond acceptors (Lipinski definition) is 3. The number of hydrogen-bond donors (Lipinski definition) is 0. The fourth-order valence-corrected chi connectivity index (χ4v) is 1.56. The lowest BCUT2D eigenvalue weighted by molar-refractivity contribution is 0.454. The Balaban J connectivity index is 2.15. The van der Waals surface area contributed by atoms with Crippen molar-refractivity contribution in [2.45, 2.75) is 10.1 Å². The lowest BCUT2D eigenvalue weighted by Crippen LogP contribution is -1.70. The lowest BCUT2D eigenvalue weighted by atomic mass is 10.4. The zero-order valence-corrected chi connectivity index (χ0v) is 7.12. The van der Waals surface area contributed by atoms with Crippen LogP contribution in [0.2, 0.25) is 0 Å². The van der Waals surface area contributed by atoms with Gasteiger partial charge in [-0.3, -0.25) is 0 Å². The second-order valence-corrected chi connectivity index (χ2v) is 3.24. The Morgan fingerprint density at radius 2 is 2.00 bits per heavy atom. The van der Waals surface area contributed by atoms with Crippen LogP contribution in [0, 0.1) is 0 Å². The Kier molecular flexibility index (Phi) is 2.14. The molecule has 0 saturated heterocycles. The van der Waals surface area contributed by atoms with Crippen molar-refractivity contribution in [1.82, 2.24) is 4.98 Å². The van der Waals surface area contributed by atoms with Crippen molar-refractivity contribution < 1.29 is 4.42 Å². The molecule has 0 saturated carbocycles. The summed E-state index contributed by atoms with van der Waals surface area (Å²) in [5.41, 5.74) is 0. The highest BCUT2D eigenvalue weighted by atomic mass is 32.2. The van der Waals surface area contributed by atoms with Crippen LogP contribution in [-0.2, 0) is 0 Å². The third-order valence-electron chi connectivity index (χ3n) is 1.36. The Hall–Kier alpha value is -1.22. The summed E-state index contributed by atoms with van der Waals surface area (Å²) in [6.45, 7) is 0. The van der Waals surface area contributed by atoms with Crippen LogP contribution >= 0.6 is 11.8 Å². The van der Waals surface area contributed by atoms with Gasteiger partial charge in [0.2, 0.25) is 0 Å². The molecule has 3 heteroatoms. The van der Waals surface area contributed by atoms with Crippen molar-refractivity contribution in [3.63, 3.8) is 0 Å². The van der Waals surface area contributed by atoms with E-state index in [-0.39, 0.29) is 0 Å². The minimum absolute atomic E-state index is 0.682. The maximum Gasteiger partial charge on any atom is 0.260 e. The van der Waals surface area contributed by atoms with Gasteiger partial charge < -0.3 is 4.42 Å². The lowest BCUT2D eigenvalue weighted by Gasteiger charge is -1.93. The Morgan fingerprint density at radius 3 is 2.67 bits per heavy atom. The molecule has 60 valence electrons. The van der Waals surface area contributed by atoms with E-state index in [4.69, 9.17) is 4.42 Å². The van der Waals surface area contributed by atoms with Crippen LogP contribution in [-0.4, -0.2) is 4.98 Å². The standard InChI is InChI=1S/C9H7NOS/c1-2-4-8(5-3-1)12-9-10-6-7-11-9/h1-7H. The number of aromatic nitrogens is 1. The summed E-state index contributed by atoms with van der Waals surface area (Å²) < 4.78 is 5.09. The highest BCUT2D eigenvalue weighted by molar-refractivity contribution is 7.99. The first-order valence-electron chi connectivity index (χ1n) is 3.57. The van der Waals surface area contributed by atoms with Gasteiger partial charge in [-0.15, -0.1) is 0 Å². The maximum absolute atomic E-state index is 5.09. The highest BCUT2D eigenvalue weighted by Crippen LogP contribution is 2.24. The zero-order valence-electron chi connectivity index (χ0n) is 6.31. The second kappa shape index (κ2) is 3.45. The van der Waals surface area contributed by atoms with E-state index in [0.29, 0.717) is 5.22 Å². The second-order valence-electron chi connectivity index (χ2n) is 2.21. The van der Waals surface area contributed by atoms with Gasteiger partial charge in [-0.2, -0.15) is 0 Å². The van der Waals surface area contributed by atoms with E-state index < -0.39 is 0 Å². The molecule has 1 aromatic heterocycles. The third-order valence-corrected chi connectivity index (χ3v) is 2.24. The van der Waals surface area contributed by atoms with E-state index >= 15 is 0 Å². The molecule has 0 bridgehead atoms. The van der Waals surface area contributed by atoms with Crippen LogP contribution in [0.25, 0.3) is 0 Å². The summed E-state index contributed by atoms with van der Waals surface area (Å²) in [7, 11) is 0.